The maximum atomic E-state index is 12.6. The highest BCUT2D eigenvalue weighted by molar-refractivity contribution is 7.73. The van der Waals surface area contributed by atoms with Crippen LogP contribution in [0, 0.1) is 9.87 Å². The molecule has 2 heterocycles. The number of carbonyl (C=O) groups excluding carboxylic acids is 2. The van der Waals surface area contributed by atoms with Gasteiger partial charge in [0, 0.05) is 37.5 Å². The van der Waals surface area contributed by atoms with Gasteiger partial charge in [0.1, 0.15) is 0 Å². The lowest BCUT2D eigenvalue weighted by Crippen LogP contribution is -2.38. The van der Waals surface area contributed by atoms with E-state index in [4.69, 9.17) is 12.2 Å². The minimum atomic E-state index is 0.0265. The molecule has 8 heteroatoms. The van der Waals surface area contributed by atoms with Gasteiger partial charge in [0.05, 0.1) is 6.67 Å². The highest BCUT2D eigenvalue weighted by atomic mass is 32.1. The summed E-state index contributed by atoms with van der Waals surface area (Å²) in [5.41, 5.74) is 0.803. The molecule has 1 aromatic carbocycles. The SMILES string of the molecule is CC(=O)N(c1nn(CN2CCC(C(=O)c3ccccc3)CC2)c(=S)s1)C1CC1. The molecule has 0 radical (unpaired) electrons. The van der Waals surface area contributed by atoms with E-state index in [-0.39, 0.29) is 23.7 Å². The average molecular weight is 417 g/mol. The molecule has 1 saturated heterocycles. The van der Waals surface area contributed by atoms with Crippen molar-refractivity contribution in [1.29, 1.82) is 0 Å². The van der Waals surface area contributed by atoms with Gasteiger partial charge in [0.2, 0.25) is 11.0 Å². The van der Waals surface area contributed by atoms with E-state index in [2.05, 4.69) is 10.00 Å². The van der Waals surface area contributed by atoms with E-state index in [1.807, 2.05) is 35.0 Å². The number of amides is 1. The highest BCUT2D eigenvalue weighted by Crippen LogP contribution is 2.33. The van der Waals surface area contributed by atoms with Gasteiger partial charge >= 0.3 is 0 Å². The maximum Gasteiger partial charge on any atom is 0.225 e. The van der Waals surface area contributed by atoms with E-state index in [1.165, 1.54) is 11.3 Å². The third-order valence-electron chi connectivity index (χ3n) is 5.40. The van der Waals surface area contributed by atoms with E-state index in [0.717, 1.165) is 44.3 Å². The molecule has 1 saturated carbocycles. The van der Waals surface area contributed by atoms with Gasteiger partial charge < -0.3 is 0 Å². The Kier molecular flexibility index (Phi) is 5.70. The summed E-state index contributed by atoms with van der Waals surface area (Å²) in [7, 11) is 0. The first kappa shape index (κ1) is 19.4. The summed E-state index contributed by atoms with van der Waals surface area (Å²) in [6.07, 6.45) is 3.77. The van der Waals surface area contributed by atoms with E-state index in [1.54, 1.807) is 11.8 Å². The number of Topliss-reactive ketones (excluding diaryl/α,β-unsaturated/α-hetero) is 1. The van der Waals surface area contributed by atoms with Crippen molar-refractivity contribution in [3.8, 4) is 0 Å². The molecule has 2 aliphatic rings. The molecule has 1 aromatic heterocycles. The molecule has 28 heavy (non-hydrogen) atoms. The van der Waals surface area contributed by atoms with Gasteiger partial charge in [-0.2, -0.15) is 0 Å². The number of anilines is 1. The van der Waals surface area contributed by atoms with Crippen molar-refractivity contribution in [2.75, 3.05) is 18.0 Å². The number of rotatable bonds is 6. The standard InChI is InChI=1S/C20H24N4O2S2/c1-14(25)24(17-7-8-17)19-21-23(20(27)28-19)13-22-11-9-16(10-12-22)18(26)15-5-3-2-4-6-15/h2-6,16-17H,7-13H2,1H3. The molecule has 6 nitrogen and oxygen atoms in total. The Morgan fingerprint density at radius 1 is 1.18 bits per heavy atom. The lowest BCUT2D eigenvalue weighted by Gasteiger charge is -2.31. The summed E-state index contributed by atoms with van der Waals surface area (Å²) in [4.78, 5) is 28.7. The summed E-state index contributed by atoms with van der Waals surface area (Å²) in [6.45, 7) is 3.88. The second kappa shape index (κ2) is 8.23. The zero-order valence-electron chi connectivity index (χ0n) is 15.9. The molecule has 0 atom stereocenters. The number of carbonyl (C=O) groups is 2. The Bertz CT molecular complexity index is 912. The molecular weight excluding hydrogens is 392 g/mol. The molecule has 2 fully saturated rings. The first-order chi connectivity index (χ1) is 13.5. The smallest absolute Gasteiger partial charge is 0.225 e. The molecule has 1 amide bonds. The van der Waals surface area contributed by atoms with Crippen LogP contribution < -0.4 is 4.90 Å². The zero-order chi connectivity index (χ0) is 19.7. The Morgan fingerprint density at radius 2 is 1.86 bits per heavy atom. The van der Waals surface area contributed by atoms with Gasteiger partial charge in [0.15, 0.2) is 9.74 Å². The van der Waals surface area contributed by atoms with Crippen LogP contribution in [0.25, 0.3) is 0 Å². The predicted molar refractivity (Wildman–Crippen MR) is 112 cm³/mol. The molecule has 0 N–H and O–H groups in total. The summed E-state index contributed by atoms with van der Waals surface area (Å²) >= 11 is 6.88. The van der Waals surface area contributed by atoms with Crippen LogP contribution in [0.3, 0.4) is 0 Å². The first-order valence-corrected chi connectivity index (χ1v) is 10.9. The molecular formula is C20H24N4O2S2. The third-order valence-corrected chi connectivity index (χ3v) is 6.71. The minimum Gasteiger partial charge on any atom is -0.294 e. The number of likely N-dealkylation sites (tertiary alicyclic amines) is 1. The van der Waals surface area contributed by atoms with E-state index in [0.29, 0.717) is 15.8 Å². The van der Waals surface area contributed by atoms with Gasteiger partial charge in [-0.3, -0.25) is 19.4 Å². The zero-order valence-corrected chi connectivity index (χ0v) is 17.5. The highest BCUT2D eigenvalue weighted by Gasteiger charge is 2.34. The average Bonchev–Trinajstić information content (AvgIpc) is 3.46. The monoisotopic (exact) mass is 416 g/mol. The number of nitrogens with zero attached hydrogens (tertiary/aromatic N) is 4. The fourth-order valence-corrected chi connectivity index (χ4v) is 4.92. The third kappa shape index (κ3) is 4.24. The normalized spacial score (nSPS) is 18.2. The van der Waals surface area contributed by atoms with Crippen molar-refractivity contribution in [2.24, 2.45) is 5.92 Å². The Hall–Kier alpha value is -1.90. The molecule has 1 aliphatic heterocycles. The van der Waals surface area contributed by atoms with Gasteiger partial charge in [0.25, 0.3) is 0 Å². The fraction of sp³-hybridized carbons (Fsp3) is 0.500. The predicted octanol–water partition coefficient (Wildman–Crippen LogP) is 3.74. The summed E-state index contributed by atoms with van der Waals surface area (Å²) in [6, 6.07) is 9.83. The number of piperidine rings is 1. The van der Waals surface area contributed by atoms with Crippen LogP contribution in [0.15, 0.2) is 30.3 Å². The Balaban J connectivity index is 1.37. The minimum absolute atomic E-state index is 0.0265. The van der Waals surface area contributed by atoms with Crippen LogP contribution in [0.4, 0.5) is 5.13 Å². The number of ketones is 1. The van der Waals surface area contributed by atoms with Crippen molar-refractivity contribution in [3.63, 3.8) is 0 Å². The number of aromatic nitrogens is 2. The van der Waals surface area contributed by atoms with E-state index >= 15 is 0 Å². The second-order valence-electron chi connectivity index (χ2n) is 7.53. The number of benzene rings is 1. The van der Waals surface area contributed by atoms with Crippen molar-refractivity contribution >= 4 is 40.4 Å². The van der Waals surface area contributed by atoms with Crippen molar-refractivity contribution < 1.29 is 9.59 Å². The summed E-state index contributed by atoms with van der Waals surface area (Å²) < 4.78 is 2.50. The fourth-order valence-electron chi connectivity index (χ4n) is 3.73. The Morgan fingerprint density at radius 3 is 2.46 bits per heavy atom. The quantitative estimate of drug-likeness (QED) is 0.530. The van der Waals surface area contributed by atoms with Gasteiger partial charge in [-0.05, 0) is 37.9 Å². The molecule has 2 aromatic rings. The van der Waals surface area contributed by atoms with Crippen LogP contribution in [0.1, 0.15) is 43.0 Å². The van der Waals surface area contributed by atoms with Crippen molar-refractivity contribution in [2.45, 2.75) is 45.3 Å². The van der Waals surface area contributed by atoms with E-state index < -0.39 is 0 Å². The molecule has 148 valence electrons. The Labute approximate surface area is 173 Å². The number of hydrogen-bond acceptors (Lipinski definition) is 6. The van der Waals surface area contributed by atoms with Crippen molar-refractivity contribution in [3.05, 3.63) is 39.8 Å². The summed E-state index contributed by atoms with van der Waals surface area (Å²) in [5, 5.41) is 5.32. The van der Waals surface area contributed by atoms with Gasteiger partial charge in [-0.25, -0.2) is 4.68 Å². The molecule has 0 unspecified atom stereocenters. The molecule has 1 aliphatic carbocycles. The van der Waals surface area contributed by atoms with Crippen molar-refractivity contribution in [1.82, 2.24) is 14.7 Å². The molecule has 0 spiro atoms. The van der Waals surface area contributed by atoms with Gasteiger partial charge in [-0.15, -0.1) is 5.10 Å². The lowest BCUT2D eigenvalue weighted by molar-refractivity contribution is -0.116. The molecule has 0 bridgehead atoms. The molecule has 4 rings (SSSR count). The lowest BCUT2D eigenvalue weighted by atomic mass is 9.89. The number of hydrogen-bond donors (Lipinski definition) is 0. The largest absolute Gasteiger partial charge is 0.294 e. The second-order valence-corrected chi connectivity index (χ2v) is 9.14. The van der Waals surface area contributed by atoms with Crippen LogP contribution in [0.2, 0.25) is 0 Å². The first-order valence-electron chi connectivity index (χ1n) is 9.72. The van der Waals surface area contributed by atoms with Crippen LogP contribution in [0.5, 0.6) is 0 Å². The topological polar surface area (TPSA) is 58.4 Å². The van der Waals surface area contributed by atoms with Crippen LogP contribution >= 0.6 is 23.6 Å². The maximum absolute atomic E-state index is 12.6. The van der Waals surface area contributed by atoms with E-state index in [9.17, 15) is 9.59 Å². The van der Waals surface area contributed by atoms with Crippen LogP contribution in [-0.4, -0.2) is 45.5 Å². The van der Waals surface area contributed by atoms with Crippen LogP contribution in [-0.2, 0) is 11.5 Å². The van der Waals surface area contributed by atoms with Gasteiger partial charge in [-0.1, -0.05) is 41.7 Å². The summed E-state index contributed by atoms with van der Waals surface area (Å²) in [5.74, 6) is 0.355.